The van der Waals surface area contributed by atoms with Crippen LogP contribution in [0.5, 0.6) is 0 Å². The van der Waals surface area contributed by atoms with Gasteiger partial charge in [-0.05, 0) is 42.4 Å². The van der Waals surface area contributed by atoms with Gasteiger partial charge in [-0.3, -0.25) is 4.79 Å². The molecule has 0 aliphatic heterocycles. The lowest BCUT2D eigenvalue weighted by atomic mass is 9.96. The van der Waals surface area contributed by atoms with E-state index in [9.17, 15) is 9.59 Å². The van der Waals surface area contributed by atoms with Crippen LogP contribution in [-0.4, -0.2) is 25.2 Å². The number of unbranched alkanes of at least 4 members (excludes halogenated alkanes) is 5. The molecule has 2 rings (SSSR count). The number of esters is 2. The molecule has 0 aliphatic carbocycles. The van der Waals surface area contributed by atoms with Crippen molar-refractivity contribution >= 4 is 23.5 Å². The van der Waals surface area contributed by atoms with E-state index in [1.165, 1.54) is 45.3 Å². The number of halogens is 1. The average molecular weight is 445 g/mol. The van der Waals surface area contributed by atoms with Crippen molar-refractivity contribution in [1.29, 1.82) is 0 Å². The molecule has 0 aliphatic rings. The van der Waals surface area contributed by atoms with Crippen molar-refractivity contribution in [2.75, 3.05) is 7.11 Å². The third kappa shape index (κ3) is 8.74. The minimum absolute atomic E-state index is 0.564. The summed E-state index contributed by atoms with van der Waals surface area (Å²) in [4.78, 5) is 23.5. The summed E-state index contributed by atoms with van der Waals surface area (Å²) in [5, 5.41) is -0.787. The fraction of sp³-hybridized carbons (Fsp3) is 0.462. The quantitative estimate of drug-likeness (QED) is 0.210. The highest BCUT2D eigenvalue weighted by atomic mass is 35.5. The van der Waals surface area contributed by atoms with Gasteiger partial charge in [0.15, 0.2) is 0 Å². The minimum Gasteiger partial charge on any atom is -0.466 e. The molecular weight excluding hydrogens is 412 g/mol. The standard InChI is InChI=1S/C26H33ClO4/c1-20(28)31-25(26(29)30-2)24(27)23-19-13-12-18-22(23)17-11-6-4-3-5-8-14-21-15-9-7-10-16-21/h7,9-10,12-13,15-16,18-19,24-25H,3-6,8,11,14,17H2,1-2H3/t24-,25-/m1/s1. The third-order valence-corrected chi connectivity index (χ3v) is 5.81. The first-order valence-electron chi connectivity index (χ1n) is 11.0. The van der Waals surface area contributed by atoms with E-state index in [0.717, 1.165) is 36.8 Å². The summed E-state index contributed by atoms with van der Waals surface area (Å²) in [7, 11) is 1.26. The molecule has 2 aromatic rings. The Hall–Kier alpha value is -2.33. The lowest BCUT2D eigenvalue weighted by Gasteiger charge is -2.22. The Morgan fingerprint density at radius 1 is 0.839 bits per heavy atom. The van der Waals surface area contributed by atoms with Crippen LogP contribution in [0.2, 0.25) is 0 Å². The highest BCUT2D eigenvalue weighted by Gasteiger charge is 2.33. The zero-order valence-corrected chi connectivity index (χ0v) is 19.3. The molecule has 0 spiro atoms. The first kappa shape index (κ1) is 24.9. The predicted molar refractivity (Wildman–Crippen MR) is 124 cm³/mol. The average Bonchev–Trinajstić information content (AvgIpc) is 2.79. The summed E-state index contributed by atoms with van der Waals surface area (Å²) in [6.07, 6.45) is 7.99. The van der Waals surface area contributed by atoms with Gasteiger partial charge in [-0.1, -0.05) is 80.3 Å². The highest BCUT2D eigenvalue weighted by Crippen LogP contribution is 2.31. The third-order valence-electron chi connectivity index (χ3n) is 5.35. The van der Waals surface area contributed by atoms with Crippen molar-refractivity contribution in [3.05, 3.63) is 71.3 Å². The number of hydrogen-bond acceptors (Lipinski definition) is 4. The van der Waals surface area contributed by atoms with E-state index in [-0.39, 0.29) is 0 Å². The Labute approximate surface area is 190 Å². The Kier molecular flexibility index (Phi) is 11.2. The Bertz CT molecular complexity index is 806. The van der Waals surface area contributed by atoms with Crippen molar-refractivity contribution < 1.29 is 19.1 Å². The molecule has 0 N–H and O–H groups in total. The van der Waals surface area contributed by atoms with Crippen LogP contribution in [0, 0.1) is 0 Å². The largest absolute Gasteiger partial charge is 0.466 e. The number of methoxy groups -OCH3 is 1. The molecule has 0 aromatic heterocycles. The fourth-order valence-electron chi connectivity index (χ4n) is 3.71. The number of alkyl halides is 1. The van der Waals surface area contributed by atoms with Gasteiger partial charge in [0.05, 0.1) is 7.11 Å². The summed E-state index contributed by atoms with van der Waals surface area (Å²) < 4.78 is 9.91. The van der Waals surface area contributed by atoms with Crippen LogP contribution in [0.3, 0.4) is 0 Å². The van der Waals surface area contributed by atoms with Crippen molar-refractivity contribution in [3.8, 4) is 0 Å². The van der Waals surface area contributed by atoms with Crippen LogP contribution in [0.25, 0.3) is 0 Å². The second-order valence-corrected chi connectivity index (χ2v) is 8.23. The number of aryl methyl sites for hydroxylation is 2. The molecule has 168 valence electrons. The van der Waals surface area contributed by atoms with Gasteiger partial charge in [0, 0.05) is 6.92 Å². The van der Waals surface area contributed by atoms with Crippen molar-refractivity contribution in [1.82, 2.24) is 0 Å². The number of benzene rings is 2. The van der Waals surface area contributed by atoms with Gasteiger partial charge in [0.2, 0.25) is 6.10 Å². The first-order chi connectivity index (χ1) is 15.0. The van der Waals surface area contributed by atoms with Crippen LogP contribution in [0.4, 0.5) is 0 Å². The van der Waals surface area contributed by atoms with Crippen LogP contribution in [-0.2, 0) is 31.9 Å². The van der Waals surface area contributed by atoms with E-state index < -0.39 is 23.4 Å². The van der Waals surface area contributed by atoms with Crippen LogP contribution >= 0.6 is 11.6 Å². The molecule has 2 aromatic carbocycles. The zero-order valence-electron chi connectivity index (χ0n) is 18.5. The van der Waals surface area contributed by atoms with Crippen LogP contribution in [0.1, 0.15) is 67.5 Å². The van der Waals surface area contributed by atoms with Gasteiger partial charge in [0.25, 0.3) is 0 Å². The van der Waals surface area contributed by atoms with E-state index >= 15 is 0 Å². The number of carbonyl (C=O) groups is 2. The maximum atomic E-state index is 12.1. The maximum Gasteiger partial charge on any atom is 0.349 e. The molecule has 0 fully saturated rings. The number of carbonyl (C=O) groups excluding carboxylic acids is 2. The molecule has 0 radical (unpaired) electrons. The fourth-order valence-corrected chi connectivity index (χ4v) is 4.08. The molecule has 0 saturated heterocycles. The maximum absolute atomic E-state index is 12.1. The molecule has 31 heavy (non-hydrogen) atoms. The van der Waals surface area contributed by atoms with E-state index in [0.29, 0.717) is 0 Å². The van der Waals surface area contributed by atoms with Crippen LogP contribution in [0.15, 0.2) is 54.6 Å². The lowest BCUT2D eigenvalue weighted by Crippen LogP contribution is -2.32. The lowest BCUT2D eigenvalue weighted by molar-refractivity contribution is -0.164. The second kappa shape index (κ2) is 13.9. The van der Waals surface area contributed by atoms with Gasteiger partial charge >= 0.3 is 11.9 Å². The van der Waals surface area contributed by atoms with Gasteiger partial charge in [0.1, 0.15) is 5.38 Å². The van der Waals surface area contributed by atoms with E-state index in [1.54, 1.807) is 0 Å². The van der Waals surface area contributed by atoms with Gasteiger partial charge in [-0.25, -0.2) is 4.79 Å². The Morgan fingerprint density at radius 2 is 1.42 bits per heavy atom. The number of hydrogen-bond donors (Lipinski definition) is 0. The van der Waals surface area contributed by atoms with Gasteiger partial charge in [-0.2, -0.15) is 0 Å². The van der Waals surface area contributed by atoms with E-state index in [2.05, 4.69) is 30.3 Å². The molecule has 0 bridgehead atoms. The topological polar surface area (TPSA) is 52.6 Å². The molecular formula is C26H33ClO4. The summed E-state index contributed by atoms with van der Waals surface area (Å²) in [6, 6.07) is 18.4. The smallest absolute Gasteiger partial charge is 0.349 e. The van der Waals surface area contributed by atoms with E-state index in [4.69, 9.17) is 21.1 Å². The van der Waals surface area contributed by atoms with Crippen LogP contribution < -0.4 is 0 Å². The Morgan fingerprint density at radius 3 is 2.06 bits per heavy atom. The van der Waals surface area contributed by atoms with E-state index in [1.807, 2.05) is 24.3 Å². The van der Waals surface area contributed by atoms with Crippen molar-refractivity contribution in [3.63, 3.8) is 0 Å². The molecule has 4 nitrogen and oxygen atoms in total. The zero-order chi connectivity index (χ0) is 22.5. The highest BCUT2D eigenvalue weighted by molar-refractivity contribution is 6.22. The molecule has 0 amide bonds. The summed E-state index contributed by atoms with van der Waals surface area (Å²) in [5.74, 6) is -1.22. The van der Waals surface area contributed by atoms with Crippen molar-refractivity contribution in [2.24, 2.45) is 0 Å². The predicted octanol–water partition coefficient (Wildman–Crippen LogP) is 6.20. The monoisotopic (exact) mass is 444 g/mol. The normalized spacial score (nSPS) is 12.7. The molecule has 2 atom stereocenters. The second-order valence-electron chi connectivity index (χ2n) is 7.76. The molecule has 0 saturated carbocycles. The number of rotatable bonds is 13. The molecule has 5 heteroatoms. The minimum atomic E-state index is -1.16. The summed E-state index contributed by atoms with van der Waals surface area (Å²) in [6.45, 7) is 1.26. The molecule has 0 heterocycles. The Balaban J connectivity index is 1.78. The van der Waals surface area contributed by atoms with Crippen molar-refractivity contribution in [2.45, 2.75) is 69.8 Å². The van der Waals surface area contributed by atoms with Gasteiger partial charge < -0.3 is 9.47 Å². The SMILES string of the molecule is COC(=O)[C@H](OC(C)=O)[C@H](Cl)c1ccccc1CCCCCCCCc1ccccc1. The summed E-state index contributed by atoms with van der Waals surface area (Å²) in [5.41, 5.74) is 3.30. The number of ether oxygens (including phenoxy) is 2. The summed E-state index contributed by atoms with van der Waals surface area (Å²) >= 11 is 6.56. The molecule has 0 unspecified atom stereocenters. The van der Waals surface area contributed by atoms with Gasteiger partial charge in [-0.15, -0.1) is 11.6 Å². The first-order valence-corrected chi connectivity index (χ1v) is 11.5.